The normalized spacial score (nSPS) is 24.3. The quantitative estimate of drug-likeness (QED) is 0.379. The smallest absolute Gasteiger partial charge is 0.123 e. The van der Waals surface area contributed by atoms with Gasteiger partial charge in [-0.05, 0) is 84.3 Å². The van der Waals surface area contributed by atoms with E-state index in [0.29, 0.717) is 23.3 Å². The molecule has 2 aliphatic carbocycles. The second-order valence-corrected chi connectivity index (χ2v) is 18.0. The van der Waals surface area contributed by atoms with Gasteiger partial charge in [-0.25, -0.2) is 4.39 Å². The molecule has 2 aromatic carbocycles. The molecule has 1 fully saturated rings. The van der Waals surface area contributed by atoms with Gasteiger partial charge in [0.15, 0.2) is 0 Å². The van der Waals surface area contributed by atoms with Gasteiger partial charge in [0, 0.05) is 5.56 Å². The van der Waals surface area contributed by atoms with Crippen molar-refractivity contribution in [3.63, 3.8) is 0 Å². The SMILES string of the molecule is CC[Si](CC)(c1cc(F)cc(C(C)(C)C)c1OC(C)(C)C)C1C(C)CC2c3ccccc3C=CC21. The maximum absolute atomic E-state index is 15.4. The number of rotatable bonds is 5. The van der Waals surface area contributed by atoms with E-state index >= 15 is 4.39 Å². The molecule has 2 aromatic rings. The Morgan fingerprint density at radius 2 is 1.66 bits per heavy atom. The van der Waals surface area contributed by atoms with Gasteiger partial charge in [0.2, 0.25) is 0 Å². The Labute approximate surface area is 214 Å². The molecule has 0 saturated heterocycles. The molecule has 4 atom stereocenters. The molecule has 0 aliphatic heterocycles. The van der Waals surface area contributed by atoms with E-state index in [2.05, 4.69) is 98.7 Å². The fraction of sp³-hybridized carbons (Fsp3) is 0.562. The molecule has 3 heteroatoms. The number of fused-ring (bicyclic) bond motifs is 3. The van der Waals surface area contributed by atoms with Crippen LogP contribution in [-0.2, 0) is 5.41 Å². The summed E-state index contributed by atoms with van der Waals surface area (Å²) >= 11 is 0. The minimum absolute atomic E-state index is 0.114. The summed E-state index contributed by atoms with van der Waals surface area (Å²) in [4.78, 5) is 0. The molecule has 4 rings (SSSR count). The van der Waals surface area contributed by atoms with Gasteiger partial charge in [0.25, 0.3) is 0 Å². The Bertz CT molecular complexity index is 1100. The molecule has 0 heterocycles. The van der Waals surface area contributed by atoms with E-state index in [1.165, 1.54) is 22.7 Å². The fourth-order valence-electron chi connectivity index (χ4n) is 7.27. The highest BCUT2D eigenvalue weighted by Crippen LogP contribution is 2.59. The molecule has 0 N–H and O–H groups in total. The molecule has 2 aliphatic rings. The maximum atomic E-state index is 15.4. The Morgan fingerprint density at radius 1 is 1.00 bits per heavy atom. The van der Waals surface area contributed by atoms with Crippen molar-refractivity contribution in [2.75, 3.05) is 0 Å². The van der Waals surface area contributed by atoms with E-state index in [0.717, 1.165) is 23.4 Å². The molecule has 1 saturated carbocycles. The van der Waals surface area contributed by atoms with Crippen molar-refractivity contribution in [1.29, 1.82) is 0 Å². The van der Waals surface area contributed by atoms with Crippen LogP contribution in [0.15, 0.2) is 42.5 Å². The average molecular weight is 493 g/mol. The second-order valence-electron chi connectivity index (χ2n) is 13.1. The highest BCUT2D eigenvalue weighted by atomic mass is 28.3. The van der Waals surface area contributed by atoms with E-state index in [1.807, 2.05) is 6.07 Å². The third-order valence-corrected chi connectivity index (χ3v) is 14.9. The van der Waals surface area contributed by atoms with Gasteiger partial charge >= 0.3 is 0 Å². The lowest BCUT2D eigenvalue weighted by atomic mass is 9.81. The van der Waals surface area contributed by atoms with Crippen LogP contribution >= 0.6 is 0 Å². The number of hydrogen-bond donors (Lipinski definition) is 0. The van der Waals surface area contributed by atoms with E-state index in [4.69, 9.17) is 4.74 Å². The number of ether oxygens (including phenoxy) is 1. The van der Waals surface area contributed by atoms with Gasteiger partial charge < -0.3 is 4.74 Å². The molecular weight excluding hydrogens is 447 g/mol. The number of benzene rings is 2. The minimum Gasteiger partial charge on any atom is -0.488 e. The van der Waals surface area contributed by atoms with Gasteiger partial charge in [-0.2, -0.15) is 0 Å². The first-order chi connectivity index (χ1) is 16.3. The zero-order chi connectivity index (χ0) is 25.8. The average Bonchev–Trinajstić information content (AvgIpc) is 3.12. The highest BCUT2D eigenvalue weighted by Gasteiger charge is 2.54. The lowest BCUT2D eigenvalue weighted by Crippen LogP contribution is -2.55. The fourth-order valence-corrected chi connectivity index (χ4v) is 13.2. The van der Waals surface area contributed by atoms with Gasteiger partial charge in [0.1, 0.15) is 17.2 Å². The van der Waals surface area contributed by atoms with Crippen LogP contribution in [0.1, 0.15) is 91.3 Å². The number of halogens is 1. The lowest BCUT2D eigenvalue weighted by molar-refractivity contribution is 0.129. The Balaban J connectivity index is 1.94. The van der Waals surface area contributed by atoms with Crippen LogP contribution in [0.2, 0.25) is 17.6 Å². The first kappa shape index (κ1) is 26.2. The van der Waals surface area contributed by atoms with E-state index < -0.39 is 8.07 Å². The van der Waals surface area contributed by atoms with Crippen LogP contribution in [0.5, 0.6) is 5.75 Å². The van der Waals surface area contributed by atoms with Crippen molar-refractivity contribution in [2.24, 2.45) is 11.8 Å². The number of hydrogen-bond acceptors (Lipinski definition) is 1. The minimum atomic E-state index is -2.18. The van der Waals surface area contributed by atoms with Crippen molar-refractivity contribution in [2.45, 2.75) is 103 Å². The van der Waals surface area contributed by atoms with Crippen molar-refractivity contribution in [3.05, 3.63) is 65.0 Å². The topological polar surface area (TPSA) is 9.23 Å². The standard InChI is InChI=1S/C32H45FOSi/c1-10-35(11-2,28-20-23(33)19-27(31(4,5)6)29(28)34-32(7,8)9)30-21(3)18-26-24-15-13-12-14-22(24)16-17-25(26)30/h12-17,19-21,25-26,30H,10-11,18H2,1-9H3. The molecular formula is C32H45FOSi. The van der Waals surface area contributed by atoms with E-state index in [-0.39, 0.29) is 16.8 Å². The molecule has 1 nitrogen and oxygen atoms in total. The molecule has 0 aromatic heterocycles. The van der Waals surface area contributed by atoms with E-state index in [1.54, 1.807) is 6.07 Å². The molecule has 0 radical (unpaired) electrons. The predicted octanol–water partition coefficient (Wildman–Crippen LogP) is 8.83. The molecule has 0 amide bonds. The van der Waals surface area contributed by atoms with Crippen LogP contribution in [0.25, 0.3) is 6.08 Å². The summed E-state index contributed by atoms with van der Waals surface area (Å²) in [6.45, 7) is 20.1. The summed E-state index contributed by atoms with van der Waals surface area (Å²) < 4.78 is 22.2. The molecule has 0 spiro atoms. The van der Waals surface area contributed by atoms with Crippen molar-refractivity contribution >= 4 is 19.3 Å². The molecule has 4 unspecified atom stereocenters. The zero-order valence-corrected chi connectivity index (χ0v) is 24.3. The Kier molecular flexibility index (Phi) is 6.90. The first-order valence-electron chi connectivity index (χ1n) is 13.6. The van der Waals surface area contributed by atoms with E-state index in [9.17, 15) is 0 Å². The Morgan fingerprint density at radius 3 is 2.26 bits per heavy atom. The van der Waals surface area contributed by atoms with Crippen molar-refractivity contribution in [3.8, 4) is 5.75 Å². The van der Waals surface area contributed by atoms with Crippen LogP contribution in [0.4, 0.5) is 4.39 Å². The third-order valence-electron chi connectivity index (χ3n) is 8.72. The molecule has 35 heavy (non-hydrogen) atoms. The predicted molar refractivity (Wildman–Crippen MR) is 151 cm³/mol. The van der Waals surface area contributed by atoms with Crippen LogP contribution < -0.4 is 9.92 Å². The summed E-state index contributed by atoms with van der Waals surface area (Å²) in [7, 11) is -2.18. The second kappa shape index (κ2) is 9.21. The monoisotopic (exact) mass is 492 g/mol. The third kappa shape index (κ3) is 4.66. The molecule has 0 bridgehead atoms. The van der Waals surface area contributed by atoms with Crippen LogP contribution in [0.3, 0.4) is 0 Å². The highest BCUT2D eigenvalue weighted by molar-refractivity contribution is 6.93. The lowest BCUT2D eigenvalue weighted by Gasteiger charge is -2.44. The van der Waals surface area contributed by atoms with Gasteiger partial charge in [-0.3, -0.25) is 0 Å². The maximum Gasteiger partial charge on any atom is 0.123 e. The summed E-state index contributed by atoms with van der Waals surface area (Å²) in [5, 5.41) is 1.21. The molecule has 190 valence electrons. The number of allylic oxidation sites excluding steroid dienone is 1. The summed E-state index contributed by atoms with van der Waals surface area (Å²) in [5.74, 6) is 2.52. The summed E-state index contributed by atoms with van der Waals surface area (Å²) in [6.07, 6.45) is 6.07. The van der Waals surface area contributed by atoms with Crippen molar-refractivity contribution in [1.82, 2.24) is 0 Å². The van der Waals surface area contributed by atoms with Crippen LogP contribution in [-0.4, -0.2) is 13.7 Å². The zero-order valence-electron chi connectivity index (χ0n) is 23.3. The summed E-state index contributed by atoms with van der Waals surface area (Å²) in [6, 6.07) is 14.7. The Hall–Kier alpha value is -1.87. The van der Waals surface area contributed by atoms with Gasteiger partial charge in [-0.15, -0.1) is 0 Å². The van der Waals surface area contributed by atoms with Gasteiger partial charge in [-0.1, -0.05) is 90.0 Å². The van der Waals surface area contributed by atoms with Crippen LogP contribution in [0, 0.1) is 17.7 Å². The summed E-state index contributed by atoms with van der Waals surface area (Å²) in [5.41, 5.74) is 3.90. The largest absolute Gasteiger partial charge is 0.488 e. The first-order valence-corrected chi connectivity index (χ1v) is 16.1. The van der Waals surface area contributed by atoms with Crippen molar-refractivity contribution < 1.29 is 9.13 Å². The van der Waals surface area contributed by atoms with Gasteiger partial charge in [0.05, 0.1) is 8.07 Å².